The van der Waals surface area contributed by atoms with Gasteiger partial charge in [0.15, 0.2) is 0 Å². The third-order valence-corrected chi connectivity index (χ3v) is 5.59. The van der Waals surface area contributed by atoms with Gasteiger partial charge in [0, 0.05) is 26.3 Å². The molecule has 0 aromatic heterocycles. The lowest BCUT2D eigenvalue weighted by molar-refractivity contribution is -0.129. The molecule has 1 aliphatic heterocycles. The zero-order chi connectivity index (χ0) is 21.3. The van der Waals surface area contributed by atoms with Crippen LogP contribution >= 0.6 is 24.0 Å². The molecule has 0 atom stereocenters. The number of hydrogen-bond acceptors (Lipinski definition) is 6. The van der Waals surface area contributed by atoms with Crippen molar-refractivity contribution in [3.05, 3.63) is 76.7 Å². The predicted octanol–water partition coefficient (Wildman–Crippen LogP) is 4.54. The van der Waals surface area contributed by atoms with Gasteiger partial charge in [-0.25, -0.2) is 4.79 Å². The second-order valence-corrected chi connectivity index (χ2v) is 8.09. The summed E-state index contributed by atoms with van der Waals surface area (Å²) in [6.07, 6.45) is 5.61. The first-order chi connectivity index (χ1) is 14.6. The second-order valence-electron chi connectivity index (χ2n) is 6.41. The molecule has 5 nitrogen and oxygen atoms in total. The van der Waals surface area contributed by atoms with E-state index in [1.165, 1.54) is 17.8 Å². The summed E-state index contributed by atoms with van der Waals surface area (Å²) in [6.45, 7) is 1.12. The van der Waals surface area contributed by atoms with Crippen LogP contribution in [0.2, 0.25) is 0 Å². The molecule has 1 heterocycles. The molecular formula is C23H21NO4S2. The normalized spacial score (nSPS) is 15.4. The van der Waals surface area contributed by atoms with Crippen LogP contribution < -0.4 is 4.74 Å². The van der Waals surface area contributed by atoms with Gasteiger partial charge in [-0.1, -0.05) is 66.4 Å². The van der Waals surface area contributed by atoms with E-state index in [0.29, 0.717) is 28.1 Å². The Hall–Kier alpha value is -2.74. The number of carbonyl (C=O) groups excluding carboxylic acids is 2. The fraction of sp³-hybridized carbons (Fsp3) is 0.174. The molecule has 7 heteroatoms. The number of nitrogens with zero attached hydrogens (tertiary/aromatic N) is 1. The number of ether oxygens (including phenoxy) is 2. The summed E-state index contributed by atoms with van der Waals surface area (Å²) in [5.74, 6) is -0.117. The summed E-state index contributed by atoms with van der Waals surface area (Å²) in [5.41, 5.74) is 1.75. The van der Waals surface area contributed by atoms with Crippen molar-refractivity contribution in [1.29, 1.82) is 0 Å². The summed E-state index contributed by atoms with van der Waals surface area (Å²) in [5, 5.41) is 0. The van der Waals surface area contributed by atoms with Crippen LogP contribution in [0.1, 0.15) is 17.5 Å². The summed E-state index contributed by atoms with van der Waals surface area (Å²) in [7, 11) is 1.63. The van der Waals surface area contributed by atoms with Crippen LogP contribution in [0.25, 0.3) is 12.2 Å². The molecule has 0 aliphatic carbocycles. The second kappa shape index (κ2) is 10.9. The maximum atomic E-state index is 12.5. The van der Waals surface area contributed by atoms with Crippen LogP contribution in [0.4, 0.5) is 0 Å². The predicted molar refractivity (Wildman–Crippen MR) is 124 cm³/mol. The first-order valence-corrected chi connectivity index (χ1v) is 10.6. The summed E-state index contributed by atoms with van der Waals surface area (Å²) >= 11 is 6.60. The molecule has 1 saturated heterocycles. The molecule has 154 valence electrons. The lowest BCUT2D eigenvalue weighted by Gasteiger charge is -2.13. The Bertz CT molecular complexity index is 968. The SMILES string of the molecule is COCCCN1C(=O)C(=Cc2ccc(OC(=O)C=Cc3ccccc3)cc2)SC1=S. The fourth-order valence-electron chi connectivity index (χ4n) is 2.72. The van der Waals surface area contributed by atoms with E-state index in [9.17, 15) is 9.59 Å². The highest BCUT2D eigenvalue weighted by Crippen LogP contribution is 2.32. The molecule has 0 saturated carbocycles. The van der Waals surface area contributed by atoms with E-state index in [2.05, 4.69) is 0 Å². The van der Waals surface area contributed by atoms with E-state index >= 15 is 0 Å². The van der Waals surface area contributed by atoms with Gasteiger partial charge in [0.2, 0.25) is 0 Å². The van der Waals surface area contributed by atoms with Crippen LogP contribution in [-0.2, 0) is 14.3 Å². The molecule has 30 heavy (non-hydrogen) atoms. The molecule has 0 spiro atoms. The Kier molecular flexibility index (Phi) is 7.96. The molecule has 2 aromatic carbocycles. The van der Waals surface area contributed by atoms with E-state index in [1.807, 2.05) is 30.3 Å². The van der Waals surface area contributed by atoms with Gasteiger partial charge < -0.3 is 9.47 Å². The molecule has 1 fully saturated rings. The number of thioether (sulfide) groups is 1. The van der Waals surface area contributed by atoms with Crippen LogP contribution in [0.3, 0.4) is 0 Å². The Morgan fingerprint density at radius 2 is 1.83 bits per heavy atom. The van der Waals surface area contributed by atoms with Crippen molar-refractivity contribution in [1.82, 2.24) is 4.90 Å². The lowest BCUT2D eigenvalue weighted by atomic mass is 10.2. The number of esters is 1. The Labute approximate surface area is 185 Å². The maximum absolute atomic E-state index is 12.5. The highest BCUT2D eigenvalue weighted by Gasteiger charge is 2.31. The number of hydrogen-bond donors (Lipinski definition) is 0. The standard InChI is InChI=1S/C23H21NO4S2/c1-27-15-5-14-24-22(26)20(30-23(24)29)16-18-8-11-19(12-9-18)28-21(25)13-10-17-6-3-2-4-7-17/h2-4,6-13,16H,5,14-15H2,1H3. The van der Waals surface area contributed by atoms with Crippen molar-refractivity contribution in [2.24, 2.45) is 0 Å². The van der Waals surface area contributed by atoms with Gasteiger partial charge in [-0.2, -0.15) is 0 Å². The number of benzene rings is 2. The average Bonchev–Trinajstić information content (AvgIpc) is 3.02. The van der Waals surface area contributed by atoms with Gasteiger partial charge in [-0.3, -0.25) is 9.69 Å². The van der Waals surface area contributed by atoms with E-state index in [1.54, 1.807) is 48.4 Å². The van der Waals surface area contributed by atoms with E-state index in [-0.39, 0.29) is 5.91 Å². The third kappa shape index (κ3) is 6.13. The van der Waals surface area contributed by atoms with Crippen molar-refractivity contribution in [3.8, 4) is 5.75 Å². The van der Waals surface area contributed by atoms with Gasteiger partial charge in [0.1, 0.15) is 10.1 Å². The van der Waals surface area contributed by atoms with Crippen molar-refractivity contribution in [3.63, 3.8) is 0 Å². The quantitative estimate of drug-likeness (QED) is 0.198. The van der Waals surface area contributed by atoms with Gasteiger partial charge in [0.25, 0.3) is 5.91 Å². The number of rotatable bonds is 8. The van der Waals surface area contributed by atoms with Gasteiger partial charge >= 0.3 is 5.97 Å². The van der Waals surface area contributed by atoms with E-state index < -0.39 is 5.97 Å². The van der Waals surface area contributed by atoms with E-state index in [0.717, 1.165) is 17.5 Å². The molecule has 1 aliphatic rings. The average molecular weight is 440 g/mol. The highest BCUT2D eigenvalue weighted by atomic mass is 32.2. The van der Waals surface area contributed by atoms with Gasteiger partial charge in [-0.15, -0.1) is 0 Å². The molecule has 1 amide bonds. The van der Waals surface area contributed by atoms with Crippen molar-refractivity contribution in [2.45, 2.75) is 6.42 Å². The number of thiocarbonyl (C=S) groups is 1. The molecule has 0 bridgehead atoms. The van der Waals surface area contributed by atoms with Crippen LogP contribution in [0.5, 0.6) is 5.75 Å². The summed E-state index contributed by atoms with van der Waals surface area (Å²) in [4.78, 5) is 26.7. The molecule has 3 rings (SSSR count). The van der Waals surface area contributed by atoms with Crippen LogP contribution in [0.15, 0.2) is 65.6 Å². The van der Waals surface area contributed by atoms with E-state index in [4.69, 9.17) is 21.7 Å². The van der Waals surface area contributed by atoms with Crippen LogP contribution in [0, 0.1) is 0 Å². The first kappa shape index (κ1) is 22.0. The van der Waals surface area contributed by atoms with Gasteiger partial charge in [-0.05, 0) is 41.8 Å². The summed E-state index contributed by atoms with van der Waals surface area (Å²) < 4.78 is 10.9. The minimum atomic E-state index is -0.455. The molecule has 2 aromatic rings. The Morgan fingerprint density at radius 3 is 2.53 bits per heavy atom. The molecular weight excluding hydrogens is 418 g/mol. The van der Waals surface area contributed by atoms with Crippen molar-refractivity contribution in [2.75, 3.05) is 20.3 Å². The zero-order valence-corrected chi connectivity index (χ0v) is 18.1. The fourth-order valence-corrected chi connectivity index (χ4v) is 4.03. The largest absolute Gasteiger partial charge is 0.423 e. The monoisotopic (exact) mass is 439 g/mol. The Balaban J connectivity index is 1.59. The zero-order valence-electron chi connectivity index (χ0n) is 16.4. The maximum Gasteiger partial charge on any atom is 0.336 e. The van der Waals surface area contributed by atoms with Crippen LogP contribution in [-0.4, -0.2) is 41.4 Å². The molecule has 0 unspecified atom stereocenters. The molecule has 0 radical (unpaired) electrons. The van der Waals surface area contributed by atoms with Crippen molar-refractivity contribution >= 4 is 52.3 Å². The highest BCUT2D eigenvalue weighted by molar-refractivity contribution is 8.26. The third-order valence-electron chi connectivity index (χ3n) is 4.21. The number of amides is 1. The minimum Gasteiger partial charge on any atom is -0.423 e. The van der Waals surface area contributed by atoms with Gasteiger partial charge in [0.05, 0.1) is 4.91 Å². The number of carbonyl (C=O) groups is 2. The smallest absolute Gasteiger partial charge is 0.336 e. The Morgan fingerprint density at radius 1 is 1.10 bits per heavy atom. The lowest BCUT2D eigenvalue weighted by Crippen LogP contribution is -2.29. The number of methoxy groups -OCH3 is 1. The summed E-state index contributed by atoms with van der Waals surface area (Å²) in [6, 6.07) is 16.5. The topological polar surface area (TPSA) is 55.8 Å². The molecule has 0 N–H and O–H groups in total. The van der Waals surface area contributed by atoms with Crippen molar-refractivity contribution < 1.29 is 19.1 Å². The minimum absolute atomic E-state index is 0.0948. The first-order valence-electron chi connectivity index (χ1n) is 9.36.